The van der Waals surface area contributed by atoms with Gasteiger partial charge in [-0.1, -0.05) is 121 Å². The predicted octanol–water partition coefficient (Wildman–Crippen LogP) is 8.00. The van der Waals surface area contributed by atoms with Gasteiger partial charge in [-0.25, -0.2) is 18.3 Å². The number of hydrogen-bond donors (Lipinski definition) is 0. The monoisotopic (exact) mass is 486 g/mol. The van der Waals surface area contributed by atoms with E-state index in [-0.39, 0.29) is 12.8 Å². The van der Waals surface area contributed by atoms with Gasteiger partial charge in [-0.3, -0.25) is 0 Å². The van der Waals surface area contributed by atoms with E-state index >= 15 is 0 Å². The fourth-order valence-electron chi connectivity index (χ4n) is 4.73. The van der Waals surface area contributed by atoms with E-state index in [0.29, 0.717) is 22.3 Å². The summed E-state index contributed by atoms with van der Waals surface area (Å²) in [6.45, 7) is 0. The molecule has 0 heterocycles. The minimum Gasteiger partial charge on any atom is -0.236 e. The summed E-state index contributed by atoms with van der Waals surface area (Å²) in [6, 6.07) is 36.2. The lowest BCUT2D eigenvalue weighted by molar-refractivity contribution is 0.441. The van der Waals surface area contributed by atoms with Crippen LogP contribution in [0, 0.1) is 0 Å². The van der Waals surface area contributed by atoms with Crippen LogP contribution in [0.2, 0.25) is 0 Å². The van der Waals surface area contributed by atoms with Crippen molar-refractivity contribution >= 4 is 15.4 Å². The molecule has 0 atom stereocenters. The highest BCUT2D eigenvalue weighted by molar-refractivity contribution is 7.33. The van der Waals surface area contributed by atoms with Crippen LogP contribution in [0.25, 0.3) is 0 Å². The van der Waals surface area contributed by atoms with Crippen LogP contribution in [0.5, 0.6) is 0 Å². The van der Waals surface area contributed by atoms with Gasteiger partial charge in [-0.15, -0.1) is 0 Å². The summed E-state index contributed by atoms with van der Waals surface area (Å²) < 4.78 is 52.3. The van der Waals surface area contributed by atoms with E-state index in [2.05, 4.69) is 0 Å². The Bertz CT molecular complexity index is 1160. The molecule has 4 aromatic carbocycles. The van der Waals surface area contributed by atoms with Crippen LogP contribution in [0.3, 0.4) is 0 Å². The zero-order valence-electron chi connectivity index (χ0n) is 18.5. The highest BCUT2D eigenvalue weighted by atomic mass is 31.1. The lowest BCUT2D eigenvalue weighted by Crippen LogP contribution is -2.29. The highest BCUT2D eigenvalue weighted by Crippen LogP contribution is 2.55. The zero-order chi connectivity index (χ0) is 24.0. The third-order valence-electron chi connectivity index (χ3n) is 6.48. The van der Waals surface area contributed by atoms with Gasteiger partial charge in [0.15, 0.2) is 0 Å². The summed E-state index contributed by atoms with van der Waals surface area (Å²) in [5.74, 6) is 0. The van der Waals surface area contributed by atoms with Crippen LogP contribution >= 0.6 is 15.4 Å². The molecular weight excluding hydrogens is 462 g/mol. The lowest BCUT2D eigenvalue weighted by Gasteiger charge is -2.33. The Morgan fingerprint density at radius 2 is 0.588 bits per heavy atom. The Hall–Kier alpha value is -3.32. The second-order valence-corrected chi connectivity index (χ2v) is 10.8. The standard InChI is InChI=1S/C28H24O4P2/c29-33(30)27(23-13-5-1-6-14-23,24-15-7-2-8-16-24)21-22-28(34(31)32,25-17-9-3-10-18-25)26-19-11-4-12-20-26/h1-20H,21-22H2. The van der Waals surface area contributed by atoms with E-state index in [4.69, 9.17) is 0 Å². The number of hydrogen-bond acceptors (Lipinski definition) is 4. The maximum absolute atomic E-state index is 13.1. The van der Waals surface area contributed by atoms with Crippen molar-refractivity contribution in [3.63, 3.8) is 0 Å². The van der Waals surface area contributed by atoms with E-state index in [0.717, 1.165) is 0 Å². The van der Waals surface area contributed by atoms with Crippen LogP contribution in [0.15, 0.2) is 121 Å². The van der Waals surface area contributed by atoms with Crippen molar-refractivity contribution < 1.29 is 18.3 Å². The molecule has 0 saturated carbocycles. The Labute approximate surface area is 200 Å². The van der Waals surface area contributed by atoms with Crippen molar-refractivity contribution in [2.45, 2.75) is 23.2 Å². The van der Waals surface area contributed by atoms with Crippen LogP contribution in [0.1, 0.15) is 35.1 Å². The molecule has 0 aliphatic heterocycles. The fourth-order valence-corrected chi connectivity index (χ4v) is 6.76. The summed E-state index contributed by atoms with van der Waals surface area (Å²) >= 11 is 0. The predicted molar refractivity (Wildman–Crippen MR) is 133 cm³/mol. The Kier molecular flexibility index (Phi) is 7.22. The first-order valence-electron chi connectivity index (χ1n) is 11.0. The number of rotatable bonds is 9. The van der Waals surface area contributed by atoms with Crippen LogP contribution in [0.4, 0.5) is 0 Å². The molecule has 0 aliphatic carbocycles. The molecule has 34 heavy (non-hydrogen) atoms. The van der Waals surface area contributed by atoms with Crippen molar-refractivity contribution in [2.24, 2.45) is 0 Å². The summed E-state index contributed by atoms with van der Waals surface area (Å²) in [4.78, 5) is 0. The van der Waals surface area contributed by atoms with Gasteiger partial charge in [0.2, 0.25) is 0 Å². The van der Waals surface area contributed by atoms with Crippen molar-refractivity contribution in [3.8, 4) is 0 Å². The number of benzene rings is 4. The van der Waals surface area contributed by atoms with Crippen LogP contribution in [-0.2, 0) is 28.6 Å². The Morgan fingerprint density at radius 1 is 0.382 bits per heavy atom. The molecule has 0 amide bonds. The molecule has 0 bridgehead atoms. The van der Waals surface area contributed by atoms with Gasteiger partial charge in [0, 0.05) is 0 Å². The van der Waals surface area contributed by atoms with E-state index in [9.17, 15) is 18.3 Å². The molecule has 4 nitrogen and oxygen atoms in total. The van der Waals surface area contributed by atoms with Crippen LogP contribution in [-0.4, -0.2) is 0 Å². The third-order valence-corrected chi connectivity index (χ3v) is 9.20. The summed E-state index contributed by atoms with van der Waals surface area (Å²) in [6.07, 6.45) is 0.180. The molecule has 0 unspecified atom stereocenters. The molecule has 0 saturated heterocycles. The van der Waals surface area contributed by atoms with E-state index in [1.54, 1.807) is 48.5 Å². The zero-order valence-corrected chi connectivity index (χ0v) is 20.3. The van der Waals surface area contributed by atoms with Crippen molar-refractivity contribution in [1.82, 2.24) is 0 Å². The average Bonchev–Trinajstić information content (AvgIpc) is 2.89. The molecule has 0 N–H and O–H groups in total. The van der Waals surface area contributed by atoms with Crippen molar-refractivity contribution in [3.05, 3.63) is 144 Å². The molecule has 0 fully saturated rings. The van der Waals surface area contributed by atoms with Crippen molar-refractivity contribution in [1.29, 1.82) is 0 Å². The summed E-state index contributed by atoms with van der Waals surface area (Å²) in [5, 5.41) is -2.75. The highest BCUT2D eigenvalue weighted by Gasteiger charge is 2.47. The fraction of sp³-hybridized carbons (Fsp3) is 0.143. The molecule has 0 radical (unpaired) electrons. The van der Waals surface area contributed by atoms with Gasteiger partial charge in [-0.2, -0.15) is 0 Å². The Morgan fingerprint density at radius 3 is 0.765 bits per heavy atom. The minimum atomic E-state index is -3.01. The second kappa shape index (κ2) is 10.3. The molecule has 4 aromatic rings. The van der Waals surface area contributed by atoms with Gasteiger partial charge in [0.05, 0.1) is 0 Å². The average molecular weight is 486 g/mol. The third kappa shape index (κ3) is 4.28. The Balaban J connectivity index is 1.94. The molecule has 170 valence electrons. The minimum absolute atomic E-state index is 0.0901. The maximum atomic E-state index is 13.1. The maximum Gasteiger partial charge on any atom is 0.331 e. The van der Waals surface area contributed by atoms with Crippen molar-refractivity contribution in [2.75, 3.05) is 0 Å². The summed E-state index contributed by atoms with van der Waals surface area (Å²) in [7, 11) is -6.02. The van der Waals surface area contributed by atoms with E-state index < -0.39 is 25.7 Å². The van der Waals surface area contributed by atoms with Gasteiger partial charge >= 0.3 is 15.4 Å². The molecule has 0 spiro atoms. The normalized spacial score (nSPS) is 11.6. The lowest BCUT2D eigenvalue weighted by atomic mass is 9.79. The van der Waals surface area contributed by atoms with Gasteiger partial charge < -0.3 is 0 Å². The molecule has 6 heteroatoms. The molecule has 4 rings (SSSR count). The quantitative estimate of drug-likeness (QED) is 0.225. The smallest absolute Gasteiger partial charge is 0.236 e. The first kappa shape index (κ1) is 23.8. The molecule has 0 aliphatic rings. The molecule has 0 aromatic heterocycles. The topological polar surface area (TPSA) is 68.3 Å². The summed E-state index contributed by atoms with van der Waals surface area (Å²) in [5.41, 5.74) is 2.48. The van der Waals surface area contributed by atoms with Gasteiger partial charge in [0.1, 0.15) is 10.3 Å². The van der Waals surface area contributed by atoms with Gasteiger partial charge in [0.25, 0.3) is 0 Å². The molecular formula is C28H24O4P2. The van der Waals surface area contributed by atoms with E-state index in [1.165, 1.54) is 0 Å². The SMILES string of the molecule is O=P(=O)C(CCC(c1ccccc1)(c1ccccc1)P(=O)=O)(c1ccccc1)c1ccccc1. The first-order chi connectivity index (χ1) is 16.5. The largest absolute Gasteiger partial charge is 0.331 e. The van der Waals surface area contributed by atoms with E-state index in [1.807, 2.05) is 72.8 Å². The van der Waals surface area contributed by atoms with Crippen LogP contribution < -0.4 is 0 Å². The van der Waals surface area contributed by atoms with Gasteiger partial charge in [-0.05, 0) is 35.1 Å². The first-order valence-corrected chi connectivity index (χ1v) is 13.4. The second-order valence-electron chi connectivity index (χ2n) is 8.20.